The second-order valence-corrected chi connectivity index (χ2v) is 5.27. The zero-order valence-corrected chi connectivity index (χ0v) is 11.7. The third-order valence-corrected chi connectivity index (χ3v) is 2.98. The number of hydrogen-bond donors (Lipinski definition) is 1. The molecule has 1 rings (SSSR count). The van der Waals surface area contributed by atoms with Crippen LogP contribution in [-0.2, 0) is 11.3 Å². The summed E-state index contributed by atoms with van der Waals surface area (Å²) in [6.07, 6.45) is 1.16. The Labute approximate surface area is 113 Å². The molecule has 3 nitrogen and oxygen atoms in total. The van der Waals surface area contributed by atoms with Gasteiger partial charge in [-0.05, 0) is 37.0 Å². The van der Waals surface area contributed by atoms with Crippen LogP contribution in [0.3, 0.4) is 0 Å². The van der Waals surface area contributed by atoms with E-state index in [1.165, 1.54) is 6.07 Å². The van der Waals surface area contributed by atoms with Crippen LogP contribution in [0.25, 0.3) is 0 Å². The summed E-state index contributed by atoms with van der Waals surface area (Å²) in [6, 6.07) is 4.70. The molecule has 0 heterocycles. The Hall–Kier alpha value is -1.06. The van der Waals surface area contributed by atoms with Crippen molar-refractivity contribution < 1.29 is 14.6 Å². The number of aromatic carboxylic acids is 1. The largest absolute Gasteiger partial charge is 0.478 e. The van der Waals surface area contributed by atoms with Crippen LogP contribution in [-0.4, -0.2) is 17.2 Å². The highest BCUT2D eigenvalue weighted by Gasteiger charge is 2.09. The molecule has 1 aromatic rings. The molecule has 0 spiro atoms. The lowest BCUT2D eigenvalue weighted by Gasteiger charge is -2.15. The minimum Gasteiger partial charge on any atom is -0.478 e. The fraction of sp³-hybridized carbons (Fsp3) is 0.500. The average molecular weight is 271 g/mol. The van der Waals surface area contributed by atoms with Crippen molar-refractivity contribution in [2.75, 3.05) is 0 Å². The van der Waals surface area contributed by atoms with Gasteiger partial charge in [0.15, 0.2) is 0 Å². The summed E-state index contributed by atoms with van der Waals surface area (Å²) in [7, 11) is 0. The third-order valence-electron chi connectivity index (χ3n) is 2.63. The molecule has 0 bridgehead atoms. The number of carboxylic acid groups (broad SMARTS) is 1. The molecule has 4 heteroatoms. The van der Waals surface area contributed by atoms with Gasteiger partial charge < -0.3 is 9.84 Å². The maximum atomic E-state index is 10.8. The van der Waals surface area contributed by atoms with Crippen molar-refractivity contribution in [3.8, 4) is 0 Å². The maximum absolute atomic E-state index is 10.8. The van der Waals surface area contributed by atoms with E-state index in [-0.39, 0.29) is 11.7 Å². The van der Waals surface area contributed by atoms with Gasteiger partial charge in [0.1, 0.15) is 0 Å². The minimum absolute atomic E-state index is 0.167. The second kappa shape index (κ2) is 6.76. The summed E-state index contributed by atoms with van der Waals surface area (Å²) < 4.78 is 5.69. The lowest BCUT2D eigenvalue weighted by molar-refractivity contribution is 0.0397. The first-order valence-corrected chi connectivity index (χ1v) is 6.41. The number of carboxylic acids is 1. The predicted octanol–water partition coefficient (Wildman–Crippen LogP) is 3.99. The fourth-order valence-corrected chi connectivity index (χ4v) is 2.00. The molecular formula is C14H19ClO3. The lowest BCUT2D eigenvalue weighted by Crippen LogP contribution is -2.11. The number of rotatable bonds is 6. The monoisotopic (exact) mass is 270 g/mol. The molecule has 0 aliphatic rings. The Balaban J connectivity index is 2.60. The van der Waals surface area contributed by atoms with Crippen LogP contribution in [0.15, 0.2) is 18.2 Å². The van der Waals surface area contributed by atoms with Crippen LogP contribution in [0, 0.1) is 5.92 Å². The quantitative estimate of drug-likeness (QED) is 0.850. The van der Waals surface area contributed by atoms with Crippen LogP contribution in [0.1, 0.15) is 43.1 Å². The van der Waals surface area contributed by atoms with Gasteiger partial charge in [-0.1, -0.05) is 31.5 Å². The summed E-state index contributed by atoms with van der Waals surface area (Å²) in [5.41, 5.74) is 1.01. The summed E-state index contributed by atoms with van der Waals surface area (Å²) in [6.45, 7) is 6.73. The summed E-state index contributed by atoms with van der Waals surface area (Å²) in [4.78, 5) is 10.8. The zero-order valence-electron chi connectivity index (χ0n) is 10.9. The summed E-state index contributed by atoms with van der Waals surface area (Å²) in [5.74, 6) is -0.387. The topological polar surface area (TPSA) is 46.5 Å². The number of hydrogen-bond acceptors (Lipinski definition) is 2. The summed E-state index contributed by atoms with van der Waals surface area (Å²) in [5, 5.41) is 9.26. The van der Waals surface area contributed by atoms with Gasteiger partial charge in [-0.25, -0.2) is 4.79 Å². The van der Waals surface area contributed by atoms with Crippen molar-refractivity contribution in [2.24, 2.45) is 5.92 Å². The molecule has 0 saturated heterocycles. The molecule has 0 aliphatic carbocycles. The fourth-order valence-electron chi connectivity index (χ4n) is 1.76. The normalized spacial score (nSPS) is 12.7. The van der Waals surface area contributed by atoms with Crippen LogP contribution >= 0.6 is 11.6 Å². The van der Waals surface area contributed by atoms with Crippen molar-refractivity contribution in [3.05, 3.63) is 34.3 Å². The van der Waals surface area contributed by atoms with Gasteiger partial charge in [0, 0.05) is 5.02 Å². The lowest BCUT2D eigenvalue weighted by atomic mass is 10.1. The standard InChI is InChI=1S/C14H19ClO3/c1-9(2)6-10(3)18-8-12-5-4-11(14(16)17)7-13(12)15/h4-5,7,9-10H,6,8H2,1-3H3,(H,16,17). The molecule has 1 unspecified atom stereocenters. The molecule has 1 N–H and O–H groups in total. The van der Waals surface area contributed by atoms with Gasteiger partial charge in [-0.3, -0.25) is 0 Å². The van der Waals surface area contributed by atoms with Crippen molar-refractivity contribution in [2.45, 2.75) is 39.9 Å². The van der Waals surface area contributed by atoms with E-state index in [2.05, 4.69) is 13.8 Å². The van der Waals surface area contributed by atoms with Crippen LogP contribution < -0.4 is 0 Å². The molecule has 0 aliphatic heterocycles. The van der Waals surface area contributed by atoms with E-state index in [9.17, 15) is 4.79 Å². The van der Waals surface area contributed by atoms with Crippen molar-refractivity contribution in [3.63, 3.8) is 0 Å². The first-order chi connectivity index (χ1) is 8.40. The molecule has 1 aromatic carbocycles. The second-order valence-electron chi connectivity index (χ2n) is 4.86. The van der Waals surface area contributed by atoms with E-state index < -0.39 is 5.97 Å². The van der Waals surface area contributed by atoms with Crippen LogP contribution in [0.4, 0.5) is 0 Å². The SMILES string of the molecule is CC(C)CC(C)OCc1ccc(C(=O)O)cc1Cl. The Morgan fingerprint density at radius 2 is 2.06 bits per heavy atom. The molecule has 0 radical (unpaired) electrons. The van der Waals surface area contributed by atoms with Gasteiger partial charge in [-0.15, -0.1) is 0 Å². The van der Waals surface area contributed by atoms with Gasteiger partial charge in [0.2, 0.25) is 0 Å². The van der Waals surface area contributed by atoms with Crippen molar-refractivity contribution >= 4 is 17.6 Å². The van der Waals surface area contributed by atoms with Gasteiger partial charge in [0.25, 0.3) is 0 Å². The molecule has 18 heavy (non-hydrogen) atoms. The molecule has 0 saturated carbocycles. The van der Waals surface area contributed by atoms with E-state index in [1.807, 2.05) is 6.92 Å². The van der Waals surface area contributed by atoms with Crippen molar-refractivity contribution in [1.82, 2.24) is 0 Å². The minimum atomic E-state index is -0.974. The number of carbonyl (C=O) groups is 1. The van der Waals surface area contributed by atoms with Crippen molar-refractivity contribution in [1.29, 1.82) is 0 Å². The smallest absolute Gasteiger partial charge is 0.335 e. The van der Waals surface area contributed by atoms with Gasteiger partial charge in [0.05, 0.1) is 18.3 Å². The Bertz CT molecular complexity index is 416. The molecule has 1 atom stereocenters. The van der Waals surface area contributed by atoms with E-state index in [4.69, 9.17) is 21.4 Å². The molecule has 0 fully saturated rings. The van der Waals surface area contributed by atoms with E-state index in [0.29, 0.717) is 17.5 Å². The van der Waals surface area contributed by atoms with Gasteiger partial charge in [-0.2, -0.15) is 0 Å². The zero-order chi connectivity index (χ0) is 13.7. The van der Waals surface area contributed by atoms with E-state index in [0.717, 1.165) is 12.0 Å². The van der Waals surface area contributed by atoms with Crippen LogP contribution in [0.2, 0.25) is 5.02 Å². The third kappa shape index (κ3) is 4.67. The summed E-state index contributed by atoms with van der Waals surface area (Å²) >= 11 is 6.02. The van der Waals surface area contributed by atoms with E-state index in [1.54, 1.807) is 12.1 Å². The first kappa shape index (κ1) is 15.0. The van der Waals surface area contributed by atoms with Crippen LogP contribution in [0.5, 0.6) is 0 Å². The Morgan fingerprint density at radius 1 is 1.39 bits per heavy atom. The highest BCUT2D eigenvalue weighted by Crippen LogP contribution is 2.20. The Kier molecular flexibility index (Phi) is 5.63. The average Bonchev–Trinajstić information content (AvgIpc) is 2.26. The van der Waals surface area contributed by atoms with Gasteiger partial charge >= 0.3 is 5.97 Å². The van der Waals surface area contributed by atoms with E-state index >= 15 is 0 Å². The highest BCUT2D eigenvalue weighted by atomic mass is 35.5. The Morgan fingerprint density at radius 3 is 2.56 bits per heavy atom. The first-order valence-electron chi connectivity index (χ1n) is 6.03. The predicted molar refractivity (Wildman–Crippen MR) is 72.1 cm³/mol. The highest BCUT2D eigenvalue weighted by molar-refractivity contribution is 6.31. The molecule has 100 valence electrons. The number of halogens is 1. The number of ether oxygens (including phenoxy) is 1. The number of benzene rings is 1. The molecule has 0 amide bonds. The molecule has 0 aromatic heterocycles. The molecular weight excluding hydrogens is 252 g/mol. The maximum Gasteiger partial charge on any atom is 0.335 e.